The Labute approximate surface area is 803 Å². The van der Waals surface area contributed by atoms with Gasteiger partial charge in [0.2, 0.25) is 17.7 Å². The van der Waals surface area contributed by atoms with Crippen molar-refractivity contribution in [3.05, 3.63) is 83.4 Å². The molecule has 0 unspecified atom stereocenters. The van der Waals surface area contributed by atoms with Crippen molar-refractivity contribution < 1.29 is 77.1 Å². The first-order valence-electron chi connectivity index (χ1n) is 42.0. The van der Waals surface area contributed by atoms with Gasteiger partial charge in [0.1, 0.15) is 51.8 Å². The number of amides is 7. The van der Waals surface area contributed by atoms with Crippen molar-refractivity contribution in [1.82, 2.24) is 60.3 Å². The lowest BCUT2D eigenvalue weighted by molar-refractivity contribution is -0.142. The van der Waals surface area contributed by atoms with E-state index in [0.29, 0.717) is 54.9 Å². The van der Waals surface area contributed by atoms with Gasteiger partial charge in [-0.25, -0.2) is 43.6 Å². The quantitative estimate of drug-likeness (QED) is 0.0275. The molecule has 29 nitrogen and oxygen atoms in total. The van der Waals surface area contributed by atoms with Gasteiger partial charge < -0.3 is 80.4 Å². The number of hydrogen-bond acceptors (Lipinski definition) is 18. The highest BCUT2D eigenvalue weighted by Gasteiger charge is 2.40. The summed E-state index contributed by atoms with van der Waals surface area (Å²) < 4.78 is 25.0. The number of nitrogens with two attached hydrogens (primary N) is 1. The standard InChI is InChI=1S/C30H2.C26H36N4O4.C18H21N3O4.C12H24N2O3.C11H21NO4.C7H16N2O.CH4ClN/c1-3-5-7-9-11-13-15-17-19-21-23-25-27-29-30-28-26-24-22-20-18-16-14-12-10-8-6-4-2;1-25(2,3)18(23(32)27-7)15-20(31)21-19-16-29(24(33)34-26(4,5)6)13-14-30(19)22(28-21)17-11-9-8-10-12-17;1-18(2,3)25-17(24)20-9-10-21-13(11-20)14(16(22)23)19-15(21)12-7-5-4-6-8-12;1-11(2,3)8(9(15)13-7)14-10(16)17-12(4,5)6;1-10(2,3)7(8(13)14)12-9(15)16-11(4,5)6;1-7(2,3)5(8)6(10)9-4;1-3-2/h1-2H;8-12,18H,13-16H2,1-7H3,(H,27,32);4-8H,9-11H2,1-3H3,(H,22,23);8H,1-7H3,(H,13,15)(H,14,16);7H,1-6H3,(H,12,15)(H,13,14);5H,8H2,1-4H3,(H,9,10);3H,1H3/t;18-;;8-;7-;5-;/m.0.000./s1. The number of nitrogens with zero attached hydrogens (tertiary/aromatic N) is 6. The molecule has 30 heteroatoms. The molecule has 4 heterocycles. The van der Waals surface area contributed by atoms with Crippen LogP contribution < -0.4 is 37.2 Å². The van der Waals surface area contributed by atoms with E-state index < -0.39 is 93.6 Å². The number of Topliss-reactive ketones (excluding diaryl/α,β-unsaturated/α-hetero) is 1. The molecule has 2 aromatic carbocycles. The van der Waals surface area contributed by atoms with E-state index in [2.05, 4.69) is 202 Å². The monoisotopic (exact) mass is 1860 g/mol. The fourth-order valence-corrected chi connectivity index (χ4v) is 10.6. The molecule has 4 aromatic rings. The lowest BCUT2D eigenvalue weighted by Crippen LogP contribution is -2.53. The molecule has 712 valence electrons. The van der Waals surface area contributed by atoms with Crippen LogP contribution in [0.25, 0.3) is 22.8 Å². The smallest absolute Gasteiger partial charge is 0.410 e. The van der Waals surface area contributed by atoms with Crippen LogP contribution in [0.1, 0.15) is 205 Å². The third-order valence-electron chi connectivity index (χ3n) is 16.8. The van der Waals surface area contributed by atoms with E-state index in [4.69, 9.17) is 59.4 Å². The zero-order chi connectivity index (χ0) is 103. The fourth-order valence-electron chi connectivity index (χ4n) is 10.6. The predicted octanol–water partition coefficient (Wildman–Crippen LogP) is 11.7. The predicted molar refractivity (Wildman–Crippen MR) is 524 cm³/mol. The Morgan fingerprint density at radius 3 is 0.926 bits per heavy atom. The van der Waals surface area contributed by atoms with Gasteiger partial charge in [-0.3, -0.25) is 19.2 Å². The van der Waals surface area contributed by atoms with Crippen molar-refractivity contribution in [2.75, 3.05) is 41.3 Å². The molecule has 7 amide bonds. The molecule has 135 heavy (non-hydrogen) atoms. The number of likely N-dealkylation sites (N-methyl/N-ethyl adjacent to an activating group) is 2. The number of ketones is 1. The van der Waals surface area contributed by atoms with Gasteiger partial charge in [0.25, 0.3) is 0 Å². The molecule has 0 saturated heterocycles. The summed E-state index contributed by atoms with van der Waals surface area (Å²) in [5.41, 5.74) is 4.89. The molecule has 0 spiro atoms. The molecule has 0 bridgehead atoms. The number of aliphatic carboxylic acids is 1. The van der Waals surface area contributed by atoms with E-state index >= 15 is 0 Å². The first-order chi connectivity index (χ1) is 62.7. The maximum atomic E-state index is 13.6. The topological polar surface area (TPSA) is 388 Å². The summed E-state index contributed by atoms with van der Waals surface area (Å²) in [6.45, 7) is 46.1. The van der Waals surface area contributed by atoms with E-state index in [-0.39, 0.29) is 59.5 Å². The molecule has 10 N–H and O–H groups in total. The Morgan fingerprint density at radius 1 is 0.400 bits per heavy atom. The van der Waals surface area contributed by atoms with Gasteiger partial charge >= 0.3 is 36.3 Å². The van der Waals surface area contributed by atoms with Crippen molar-refractivity contribution in [3.8, 4) is 201 Å². The lowest BCUT2D eigenvalue weighted by Gasteiger charge is -2.32. The van der Waals surface area contributed by atoms with Crippen LogP contribution in [0.3, 0.4) is 0 Å². The second kappa shape index (κ2) is 58.4. The minimum atomic E-state index is -1.10. The van der Waals surface area contributed by atoms with Crippen LogP contribution in [0.15, 0.2) is 60.7 Å². The number of rotatable bonds is 12. The van der Waals surface area contributed by atoms with Crippen LogP contribution in [-0.2, 0) is 64.3 Å². The number of hydrogen-bond donors (Lipinski definition) is 9. The number of nitrogens with one attached hydrogen (secondary N) is 6. The number of aromatic nitrogens is 4. The van der Waals surface area contributed by atoms with Gasteiger partial charge in [-0.15, -0.1) is 12.8 Å². The van der Waals surface area contributed by atoms with Crippen LogP contribution in [0.4, 0.5) is 19.2 Å². The van der Waals surface area contributed by atoms with Gasteiger partial charge in [-0.1, -0.05) is 144 Å². The molecular weight excluding hydrogens is 1730 g/mol. The molecular formula is C105H124ClN13O16. The maximum Gasteiger partial charge on any atom is 0.410 e. The Bertz CT molecular complexity index is 5710. The van der Waals surface area contributed by atoms with Crippen LogP contribution in [0.5, 0.6) is 0 Å². The Hall–Kier alpha value is -15.4. The van der Waals surface area contributed by atoms with Gasteiger partial charge in [-0.05, 0) is 218 Å². The summed E-state index contributed by atoms with van der Waals surface area (Å²) in [5, 5.41) is 31.1. The van der Waals surface area contributed by atoms with Crippen LogP contribution in [0, 0.1) is 206 Å². The molecule has 6 rings (SSSR count). The molecule has 0 saturated carbocycles. The number of terminal acetylenes is 2. The summed E-state index contributed by atoms with van der Waals surface area (Å²) in [5.74, 6) is 66.1. The Balaban J connectivity index is 0.00000164. The van der Waals surface area contributed by atoms with E-state index in [0.717, 1.165) is 11.1 Å². The Morgan fingerprint density at radius 2 is 0.681 bits per heavy atom. The highest BCUT2D eigenvalue weighted by atomic mass is 35.5. The molecule has 2 aliphatic heterocycles. The van der Waals surface area contributed by atoms with E-state index in [1.807, 2.05) is 153 Å². The number of fused-ring (bicyclic) bond motifs is 2. The summed E-state index contributed by atoms with van der Waals surface area (Å²) >= 11 is 4.75. The highest BCUT2D eigenvalue weighted by molar-refractivity contribution is 6.13. The minimum absolute atomic E-state index is 0.0212. The number of ether oxygens (including phenoxy) is 4. The lowest BCUT2D eigenvalue weighted by atomic mass is 9.77. The van der Waals surface area contributed by atoms with Crippen molar-refractivity contribution >= 4 is 71.6 Å². The summed E-state index contributed by atoms with van der Waals surface area (Å²) in [7, 11) is 6.35. The SMILES string of the molecule is C#CC#CC#CC#CC#CC#CC#CC#CC#CC#CC#CC#CC#CC#CC#C.CC(C)(C)OC(=O)N1CCn2c(-c3ccccc3)nc(C(=O)O)c2C1.CC(C)(C)OC(=O)N[C@@H](C(=O)O)C(C)(C)C.CNC(=O)[C@H](CC(=O)c1nc(-c2ccccc2)n2c1CN(C(=O)OC(C)(C)C)CC2)C(C)(C)C.CNC(=O)[C@H](N)C(C)(C)C.CNC(=O)[C@H](NC(=O)OC(C)(C)C)C(C)(C)C.CNCl. The minimum Gasteiger partial charge on any atom is -0.480 e. The van der Waals surface area contributed by atoms with Crippen molar-refractivity contribution in [1.29, 1.82) is 0 Å². The fraction of sp³-hybridized carbons (Fsp3) is 0.448. The van der Waals surface area contributed by atoms with E-state index in [1.165, 1.54) is 11.9 Å². The first kappa shape index (κ1) is 120. The third-order valence-corrected chi connectivity index (χ3v) is 16.8. The number of carboxylic acids is 2. The average molecular weight is 1860 g/mol. The summed E-state index contributed by atoms with van der Waals surface area (Å²) in [6.07, 6.45) is 7.71. The number of carbonyl (C=O) groups excluding carboxylic acids is 8. The van der Waals surface area contributed by atoms with Gasteiger partial charge in [-0.2, -0.15) is 0 Å². The van der Waals surface area contributed by atoms with E-state index in [9.17, 15) is 53.1 Å². The van der Waals surface area contributed by atoms with E-state index in [1.54, 1.807) is 109 Å². The molecule has 4 atom stereocenters. The number of aromatic carboxylic acids is 1. The van der Waals surface area contributed by atoms with Gasteiger partial charge in [0.15, 0.2) is 11.5 Å². The normalized spacial score (nSPS) is 11.8. The number of carbonyl (C=O) groups is 10. The third kappa shape index (κ3) is 50.0. The number of carboxylic acid groups (broad SMARTS) is 2. The van der Waals surface area contributed by atoms with Gasteiger partial charge in [0, 0.05) is 136 Å². The largest absolute Gasteiger partial charge is 0.480 e. The van der Waals surface area contributed by atoms with Crippen LogP contribution >= 0.6 is 11.8 Å². The average Bonchev–Trinajstić information content (AvgIpc) is 1.43. The zero-order valence-electron chi connectivity index (χ0n) is 82.4. The molecule has 2 aliphatic rings. The van der Waals surface area contributed by atoms with Crippen LogP contribution in [-0.4, -0.2) is 181 Å². The zero-order valence-corrected chi connectivity index (χ0v) is 83.2. The molecule has 0 radical (unpaired) electrons. The molecule has 0 aliphatic carbocycles. The summed E-state index contributed by atoms with van der Waals surface area (Å²) in [4.78, 5) is 134. The number of benzene rings is 2. The maximum absolute atomic E-state index is 13.6. The number of alkyl carbamates (subject to hydrolysis) is 2. The van der Waals surface area contributed by atoms with Crippen molar-refractivity contribution in [2.24, 2.45) is 33.3 Å². The second-order valence-electron chi connectivity index (χ2n) is 36.8. The van der Waals surface area contributed by atoms with Gasteiger partial charge in [0.05, 0.1) is 36.4 Å². The number of halogens is 1. The Kier molecular flexibility index (Phi) is 51.7. The molecule has 2 aromatic heterocycles. The summed E-state index contributed by atoms with van der Waals surface area (Å²) in [6, 6.07) is 17.1. The number of imidazole rings is 2. The van der Waals surface area contributed by atoms with Crippen molar-refractivity contribution in [3.63, 3.8) is 0 Å². The van der Waals surface area contributed by atoms with Crippen molar-refractivity contribution in [2.45, 2.75) is 239 Å². The highest BCUT2D eigenvalue weighted by Crippen LogP contribution is 2.34. The molecule has 0 fully saturated rings. The first-order valence-corrected chi connectivity index (χ1v) is 42.4. The second-order valence-corrected chi connectivity index (χ2v) is 37.2. The van der Waals surface area contributed by atoms with Crippen LogP contribution in [0.2, 0.25) is 0 Å².